The van der Waals surface area contributed by atoms with Gasteiger partial charge in [-0.3, -0.25) is 9.59 Å². The lowest BCUT2D eigenvalue weighted by Crippen LogP contribution is -2.05. The molecular formula is C23H30Cl2O5. The second kappa shape index (κ2) is 15.7. The van der Waals surface area contributed by atoms with Crippen LogP contribution in [-0.2, 0) is 14.3 Å². The fourth-order valence-electron chi connectivity index (χ4n) is 2.26. The molecule has 30 heavy (non-hydrogen) atoms. The van der Waals surface area contributed by atoms with Crippen LogP contribution in [0.15, 0.2) is 48.5 Å². The van der Waals surface area contributed by atoms with E-state index in [-0.39, 0.29) is 41.3 Å². The van der Waals surface area contributed by atoms with Crippen molar-refractivity contribution in [3.05, 3.63) is 59.7 Å². The summed E-state index contributed by atoms with van der Waals surface area (Å²) in [5, 5.41) is 9.33. The quantitative estimate of drug-likeness (QED) is 0.416. The maximum Gasteiger partial charge on any atom is 0.188 e. The summed E-state index contributed by atoms with van der Waals surface area (Å²) in [6, 6.07) is 14.3. The summed E-state index contributed by atoms with van der Waals surface area (Å²) in [6.45, 7) is 7.08. The average Bonchev–Trinajstić information content (AvgIpc) is 2.72. The molecule has 2 aromatic rings. The second-order valence-electron chi connectivity index (χ2n) is 6.48. The summed E-state index contributed by atoms with van der Waals surface area (Å²) in [5.41, 5.74) is 1.83. The van der Waals surface area contributed by atoms with Crippen molar-refractivity contribution in [3.63, 3.8) is 0 Å². The molecule has 2 atom stereocenters. The molecular weight excluding hydrogens is 427 g/mol. The largest absolute Gasteiger partial charge is 0.508 e. The van der Waals surface area contributed by atoms with Crippen molar-refractivity contribution >= 4 is 34.8 Å². The lowest BCUT2D eigenvalue weighted by Gasteiger charge is -2.10. The Bertz CT molecular complexity index is 780. The summed E-state index contributed by atoms with van der Waals surface area (Å²) in [7, 11) is 1.57. The number of hydrogen-bond acceptors (Lipinski definition) is 5. The Labute approximate surface area is 188 Å². The summed E-state index contributed by atoms with van der Waals surface area (Å²) in [6.07, 6.45) is 0. The number of alkyl halides is 2. The third-order valence-corrected chi connectivity index (χ3v) is 4.29. The maximum atomic E-state index is 11.2. The molecule has 0 bridgehead atoms. The highest BCUT2D eigenvalue weighted by molar-refractivity contribution is 6.40. The van der Waals surface area contributed by atoms with Crippen molar-refractivity contribution in [3.8, 4) is 11.5 Å². The van der Waals surface area contributed by atoms with E-state index in [2.05, 4.69) is 0 Å². The number of Topliss-reactive ketones (excluding diaryl/α,β-unsaturated/α-hetero) is 2. The number of rotatable bonds is 7. The van der Waals surface area contributed by atoms with Gasteiger partial charge in [-0.15, -0.1) is 23.2 Å². The van der Waals surface area contributed by atoms with Crippen LogP contribution >= 0.6 is 23.2 Å². The molecule has 0 aliphatic rings. The van der Waals surface area contributed by atoms with Crippen molar-refractivity contribution in [1.29, 1.82) is 0 Å². The average molecular weight is 457 g/mol. The van der Waals surface area contributed by atoms with Crippen molar-refractivity contribution in [2.75, 3.05) is 19.2 Å². The van der Waals surface area contributed by atoms with Crippen molar-refractivity contribution in [2.45, 2.75) is 39.5 Å². The minimum Gasteiger partial charge on any atom is -0.508 e. The SMILES string of the molecule is CC(=O)C(C)c1cccc(O)c1.COCOc1cccc(C(C)C(C)=O)c1.ClCCl. The fraction of sp³-hybridized carbons (Fsp3) is 0.391. The van der Waals surface area contributed by atoms with E-state index in [1.54, 1.807) is 39.2 Å². The lowest BCUT2D eigenvalue weighted by atomic mass is 9.98. The third kappa shape index (κ3) is 11.2. The van der Waals surface area contributed by atoms with Gasteiger partial charge in [-0.25, -0.2) is 0 Å². The molecule has 0 fully saturated rings. The maximum absolute atomic E-state index is 11.2. The standard InChI is InChI=1S/C12H16O3.C10H12O2.CH2Cl2/c1-9(10(2)13)11-5-4-6-12(7-11)15-8-14-3;1-7(8(2)11)9-4-3-5-10(12)6-9;2-1-3/h4-7,9H,8H2,1-3H3;3-7,12H,1-2H3;1H2. The van der Waals surface area contributed by atoms with Crippen LogP contribution < -0.4 is 4.74 Å². The first-order chi connectivity index (χ1) is 14.2. The normalized spacial score (nSPS) is 11.7. The zero-order chi connectivity index (χ0) is 23.1. The van der Waals surface area contributed by atoms with Crippen LogP contribution in [0.4, 0.5) is 0 Å². The molecule has 7 heteroatoms. The number of phenolic OH excluding ortho intramolecular Hbond substituents is 1. The highest BCUT2D eigenvalue weighted by atomic mass is 35.5. The Kier molecular flexibility index (Phi) is 14.6. The number of phenols is 1. The van der Waals surface area contributed by atoms with Gasteiger partial charge >= 0.3 is 0 Å². The number of carbonyl (C=O) groups excluding carboxylic acids is 2. The number of benzene rings is 2. The number of aromatic hydroxyl groups is 1. The molecule has 5 nitrogen and oxygen atoms in total. The van der Waals surface area contributed by atoms with Crippen LogP contribution in [0.1, 0.15) is 50.7 Å². The number of methoxy groups -OCH3 is 1. The van der Waals surface area contributed by atoms with Crippen LogP contribution in [0.2, 0.25) is 0 Å². The first kappa shape index (κ1) is 27.9. The number of hydrogen-bond donors (Lipinski definition) is 1. The van der Waals surface area contributed by atoms with Gasteiger partial charge in [0, 0.05) is 18.9 Å². The predicted molar refractivity (Wildman–Crippen MR) is 122 cm³/mol. The van der Waals surface area contributed by atoms with Gasteiger partial charge < -0.3 is 14.6 Å². The summed E-state index contributed by atoms with van der Waals surface area (Å²) >= 11 is 9.53. The number of ketones is 2. The van der Waals surface area contributed by atoms with E-state index in [1.165, 1.54) is 0 Å². The lowest BCUT2D eigenvalue weighted by molar-refractivity contribution is -0.118. The summed E-state index contributed by atoms with van der Waals surface area (Å²) in [4.78, 5) is 22.2. The predicted octanol–water partition coefficient (Wildman–Crippen LogP) is 5.87. The Morgan fingerprint density at radius 3 is 1.83 bits per heavy atom. The molecule has 166 valence electrons. The van der Waals surface area contributed by atoms with Gasteiger partial charge in [0.1, 0.15) is 23.1 Å². The molecule has 0 heterocycles. The van der Waals surface area contributed by atoms with Gasteiger partial charge in [-0.05, 0) is 49.2 Å². The monoisotopic (exact) mass is 456 g/mol. The Balaban J connectivity index is 0.000000505. The number of carbonyl (C=O) groups is 2. The molecule has 0 radical (unpaired) electrons. The highest BCUT2D eigenvalue weighted by Gasteiger charge is 2.11. The van der Waals surface area contributed by atoms with Crippen LogP contribution in [0.25, 0.3) is 0 Å². The van der Waals surface area contributed by atoms with Gasteiger partial charge in [0.15, 0.2) is 6.79 Å². The zero-order valence-electron chi connectivity index (χ0n) is 18.0. The molecule has 0 aliphatic heterocycles. The first-order valence-corrected chi connectivity index (χ1v) is 10.4. The molecule has 0 saturated carbocycles. The molecule has 0 saturated heterocycles. The van der Waals surface area contributed by atoms with Crippen LogP contribution in [-0.4, -0.2) is 35.9 Å². The van der Waals surface area contributed by atoms with E-state index in [9.17, 15) is 9.59 Å². The van der Waals surface area contributed by atoms with Crippen LogP contribution in [0, 0.1) is 0 Å². The zero-order valence-corrected chi connectivity index (χ0v) is 19.5. The van der Waals surface area contributed by atoms with Crippen LogP contribution in [0.3, 0.4) is 0 Å². The Morgan fingerprint density at radius 1 is 0.933 bits per heavy atom. The molecule has 0 aliphatic carbocycles. The van der Waals surface area contributed by atoms with E-state index < -0.39 is 0 Å². The van der Waals surface area contributed by atoms with Crippen molar-refractivity contribution in [1.82, 2.24) is 0 Å². The second-order valence-corrected chi connectivity index (χ2v) is 7.29. The number of ether oxygens (including phenoxy) is 2. The molecule has 1 N–H and O–H groups in total. The van der Waals surface area contributed by atoms with Crippen molar-refractivity contribution in [2.24, 2.45) is 0 Å². The minimum atomic E-state index is -0.128. The molecule has 0 spiro atoms. The van der Waals surface area contributed by atoms with Gasteiger partial charge in [0.25, 0.3) is 0 Å². The molecule has 2 aromatic carbocycles. The Morgan fingerprint density at radius 2 is 1.40 bits per heavy atom. The van der Waals surface area contributed by atoms with Crippen LogP contribution in [0.5, 0.6) is 11.5 Å². The minimum absolute atomic E-state index is 0.0869. The fourth-order valence-corrected chi connectivity index (χ4v) is 2.26. The molecule has 2 rings (SSSR count). The van der Waals surface area contributed by atoms with E-state index in [4.69, 9.17) is 37.8 Å². The summed E-state index contributed by atoms with van der Waals surface area (Å²) < 4.78 is 10.1. The van der Waals surface area contributed by atoms with Gasteiger partial charge in [-0.1, -0.05) is 38.1 Å². The van der Waals surface area contributed by atoms with E-state index in [0.717, 1.165) is 16.9 Å². The van der Waals surface area contributed by atoms with Gasteiger partial charge in [0.2, 0.25) is 0 Å². The molecule has 0 aromatic heterocycles. The topological polar surface area (TPSA) is 72.8 Å². The van der Waals surface area contributed by atoms with E-state index >= 15 is 0 Å². The first-order valence-electron chi connectivity index (χ1n) is 9.31. The molecule has 0 amide bonds. The third-order valence-electron chi connectivity index (χ3n) is 4.29. The highest BCUT2D eigenvalue weighted by Crippen LogP contribution is 2.21. The van der Waals surface area contributed by atoms with Gasteiger partial charge in [-0.2, -0.15) is 0 Å². The van der Waals surface area contributed by atoms with Crippen molar-refractivity contribution < 1.29 is 24.2 Å². The van der Waals surface area contributed by atoms with E-state index in [1.807, 2.05) is 44.2 Å². The van der Waals surface area contributed by atoms with E-state index in [0.29, 0.717) is 0 Å². The molecule has 2 unspecified atom stereocenters. The smallest absolute Gasteiger partial charge is 0.188 e. The Hall–Kier alpha value is -2.08. The summed E-state index contributed by atoms with van der Waals surface area (Å²) in [5.74, 6) is 0.982. The number of halogens is 2. The van der Waals surface area contributed by atoms with Gasteiger partial charge in [0.05, 0.1) is 5.34 Å².